The fourth-order valence-electron chi connectivity index (χ4n) is 1.37. The van der Waals surface area contributed by atoms with E-state index in [0.717, 1.165) is 10.0 Å². The van der Waals surface area contributed by atoms with E-state index in [4.69, 9.17) is 0 Å². The molecule has 0 spiro atoms. The van der Waals surface area contributed by atoms with Crippen LogP contribution in [0.2, 0.25) is 0 Å². The summed E-state index contributed by atoms with van der Waals surface area (Å²) in [6.07, 6.45) is 0.563. The molecule has 0 saturated carbocycles. The fourth-order valence-corrected chi connectivity index (χ4v) is 2.21. The van der Waals surface area contributed by atoms with Gasteiger partial charge in [-0.3, -0.25) is 4.79 Å². The fraction of sp³-hybridized carbons (Fsp3) is 0.417. The van der Waals surface area contributed by atoms with E-state index in [1.54, 1.807) is 0 Å². The molecule has 0 aliphatic rings. The van der Waals surface area contributed by atoms with E-state index >= 15 is 0 Å². The van der Waals surface area contributed by atoms with Crippen LogP contribution in [0.5, 0.6) is 0 Å². The van der Waals surface area contributed by atoms with Gasteiger partial charge in [0.15, 0.2) is 5.78 Å². The molecule has 2 heteroatoms. The van der Waals surface area contributed by atoms with Gasteiger partial charge in [-0.25, -0.2) is 0 Å². The zero-order chi connectivity index (χ0) is 10.7. The highest BCUT2D eigenvalue weighted by atomic mass is 79.9. The minimum absolute atomic E-state index is 0.195. The van der Waals surface area contributed by atoms with Crippen molar-refractivity contribution in [3.05, 3.63) is 33.8 Å². The molecule has 1 nitrogen and oxygen atoms in total. The van der Waals surface area contributed by atoms with E-state index < -0.39 is 0 Å². The molecule has 1 aromatic rings. The number of ketones is 1. The van der Waals surface area contributed by atoms with Gasteiger partial charge in [0.2, 0.25) is 0 Å². The van der Waals surface area contributed by atoms with Crippen molar-refractivity contribution < 1.29 is 4.79 Å². The molecule has 0 radical (unpaired) electrons. The van der Waals surface area contributed by atoms with Gasteiger partial charge in [0.25, 0.3) is 0 Å². The zero-order valence-electron chi connectivity index (χ0n) is 8.80. The van der Waals surface area contributed by atoms with Gasteiger partial charge in [-0.15, -0.1) is 0 Å². The van der Waals surface area contributed by atoms with Crippen LogP contribution in [0.1, 0.15) is 49.0 Å². The van der Waals surface area contributed by atoms with Crippen LogP contribution >= 0.6 is 15.9 Å². The van der Waals surface area contributed by atoms with Gasteiger partial charge in [-0.1, -0.05) is 48.8 Å². The third-order valence-corrected chi connectivity index (χ3v) is 2.95. The maximum atomic E-state index is 11.4. The molecule has 1 aromatic carbocycles. The molecule has 0 aliphatic heterocycles. The van der Waals surface area contributed by atoms with Crippen LogP contribution in [0.15, 0.2) is 22.7 Å². The summed E-state index contributed by atoms with van der Waals surface area (Å²) in [5, 5.41) is 0. The molecule has 0 amide bonds. The summed E-state index contributed by atoms with van der Waals surface area (Å²) in [6, 6.07) is 5.85. The number of hydrogen-bond acceptors (Lipinski definition) is 1. The predicted molar refractivity (Wildman–Crippen MR) is 62.9 cm³/mol. The first kappa shape index (κ1) is 11.4. The molecule has 0 aliphatic carbocycles. The smallest absolute Gasteiger partial charge is 0.162 e. The normalized spacial score (nSPS) is 10.6. The largest absolute Gasteiger partial charge is 0.294 e. The second-order valence-corrected chi connectivity index (χ2v) is 4.52. The first-order valence-corrected chi connectivity index (χ1v) is 5.68. The standard InChI is InChI=1S/C12H15BrO/c1-4-12(14)9-5-6-10(8(2)3)11(13)7-9/h5-8H,4H2,1-3H3. The zero-order valence-corrected chi connectivity index (χ0v) is 10.4. The highest BCUT2D eigenvalue weighted by Gasteiger charge is 2.08. The van der Waals surface area contributed by atoms with Crippen LogP contribution in [0.25, 0.3) is 0 Å². The summed E-state index contributed by atoms with van der Waals surface area (Å²) in [6.45, 7) is 6.16. The van der Waals surface area contributed by atoms with E-state index in [-0.39, 0.29) is 5.78 Å². The predicted octanol–water partition coefficient (Wildman–Crippen LogP) is 4.17. The lowest BCUT2D eigenvalue weighted by atomic mass is 10.00. The average molecular weight is 255 g/mol. The second-order valence-electron chi connectivity index (χ2n) is 3.67. The molecular weight excluding hydrogens is 240 g/mol. The maximum absolute atomic E-state index is 11.4. The van der Waals surface area contributed by atoms with E-state index in [1.165, 1.54) is 5.56 Å². The minimum atomic E-state index is 0.195. The van der Waals surface area contributed by atoms with Crippen molar-refractivity contribution in [2.24, 2.45) is 0 Å². The maximum Gasteiger partial charge on any atom is 0.162 e. The van der Waals surface area contributed by atoms with Crippen LogP contribution < -0.4 is 0 Å². The molecule has 14 heavy (non-hydrogen) atoms. The van der Waals surface area contributed by atoms with Crippen LogP contribution in [0.3, 0.4) is 0 Å². The molecular formula is C12H15BrO. The molecule has 1 rings (SSSR count). The van der Waals surface area contributed by atoms with Gasteiger partial charge in [0.1, 0.15) is 0 Å². The Labute approximate surface area is 93.7 Å². The Balaban J connectivity index is 3.06. The Bertz CT molecular complexity index is 342. The molecule has 0 N–H and O–H groups in total. The van der Waals surface area contributed by atoms with Gasteiger partial charge >= 0.3 is 0 Å². The highest BCUT2D eigenvalue weighted by Crippen LogP contribution is 2.25. The van der Waals surface area contributed by atoms with Gasteiger partial charge in [-0.2, -0.15) is 0 Å². The van der Waals surface area contributed by atoms with Crippen molar-refractivity contribution in [1.82, 2.24) is 0 Å². The second kappa shape index (κ2) is 4.74. The van der Waals surface area contributed by atoms with Gasteiger partial charge in [0, 0.05) is 16.5 Å². The Morgan fingerprint density at radius 2 is 2.07 bits per heavy atom. The quantitative estimate of drug-likeness (QED) is 0.741. The molecule has 0 atom stereocenters. The molecule has 0 saturated heterocycles. The van der Waals surface area contributed by atoms with E-state index in [9.17, 15) is 4.79 Å². The number of rotatable bonds is 3. The molecule has 0 fully saturated rings. The van der Waals surface area contributed by atoms with Gasteiger partial charge < -0.3 is 0 Å². The van der Waals surface area contributed by atoms with Crippen LogP contribution in [-0.2, 0) is 0 Å². The molecule has 0 unspecified atom stereocenters. The molecule has 0 bridgehead atoms. The van der Waals surface area contributed by atoms with Crippen molar-refractivity contribution in [3.63, 3.8) is 0 Å². The Kier molecular flexibility index (Phi) is 3.87. The first-order valence-electron chi connectivity index (χ1n) is 4.89. The molecule has 76 valence electrons. The van der Waals surface area contributed by atoms with E-state index in [0.29, 0.717) is 12.3 Å². The monoisotopic (exact) mass is 254 g/mol. The lowest BCUT2D eigenvalue weighted by molar-refractivity contribution is 0.0988. The summed E-state index contributed by atoms with van der Waals surface area (Å²) >= 11 is 3.49. The summed E-state index contributed by atoms with van der Waals surface area (Å²) in [5.41, 5.74) is 2.04. The number of hydrogen-bond donors (Lipinski definition) is 0. The number of carbonyl (C=O) groups is 1. The number of Topliss-reactive ketones (excluding diaryl/α,β-unsaturated/α-hetero) is 1. The molecule has 0 heterocycles. The van der Waals surface area contributed by atoms with Crippen molar-refractivity contribution >= 4 is 21.7 Å². The van der Waals surface area contributed by atoms with Crippen molar-refractivity contribution in [2.45, 2.75) is 33.1 Å². The summed E-state index contributed by atoms with van der Waals surface area (Å²) in [4.78, 5) is 11.4. The Morgan fingerprint density at radius 1 is 1.43 bits per heavy atom. The van der Waals surface area contributed by atoms with Crippen LogP contribution in [-0.4, -0.2) is 5.78 Å². The van der Waals surface area contributed by atoms with E-state index in [2.05, 4.69) is 29.8 Å². The van der Waals surface area contributed by atoms with Crippen LogP contribution in [0, 0.1) is 0 Å². The van der Waals surface area contributed by atoms with Crippen molar-refractivity contribution in [1.29, 1.82) is 0 Å². The van der Waals surface area contributed by atoms with Gasteiger partial charge in [0.05, 0.1) is 0 Å². The first-order chi connectivity index (χ1) is 6.56. The SMILES string of the molecule is CCC(=O)c1ccc(C(C)C)c(Br)c1. The molecule has 0 aromatic heterocycles. The third-order valence-electron chi connectivity index (χ3n) is 2.27. The Morgan fingerprint density at radius 3 is 2.50 bits per heavy atom. The topological polar surface area (TPSA) is 17.1 Å². The lowest BCUT2D eigenvalue weighted by Crippen LogP contribution is -1.98. The van der Waals surface area contributed by atoms with Gasteiger partial charge in [-0.05, 0) is 17.5 Å². The lowest BCUT2D eigenvalue weighted by Gasteiger charge is -2.09. The number of halogens is 1. The summed E-state index contributed by atoms with van der Waals surface area (Å²) in [7, 11) is 0. The van der Waals surface area contributed by atoms with Crippen LogP contribution in [0.4, 0.5) is 0 Å². The Hall–Kier alpha value is -0.630. The van der Waals surface area contributed by atoms with E-state index in [1.807, 2.05) is 25.1 Å². The number of carbonyl (C=O) groups excluding carboxylic acids is 1. The summed E-state index contributed by atoms with van der Waals surface area (Å²) < 4.78 is 1.03. The highest BCUT2D eigenvalue weighted by molar-refractivity contribution is 9.10. The number of benzene rings is 1. The van der Waals surface area contributed by atoms with Crippen molar-refractivity contribution in [2.75, 3.05) is 0 Å². The third kappa shape index (κ3) is 2.44. The van der Waals surface area contributed by atoms with Crippen molar-refractivity contribution in [3.8, 4) is 0 Å². The average Bonchev–Trinajstić information content (AvgIpc) is 2.15. The summed E-state index contributed by atoms with van der Waals surface area (Å²) in [5.74, 6) is 0.677. The minimum Gasteiger partial charge on any atom is -0.294 e.